The second-order valence-corrected chi connectivity index (χ2v) is 8.61. The minimum atomic E-state index is -0.0721. The smallest absolute Gasteiger partial charge is 0.266 e. The van der Waals surface area contributed by atoms with Crippen molar-refractivity contribution in [3.05, 3.63) is 53.1 Å². The fourth-order valence-electron chi connectivity index (χ4n) is 3.51. The Hall–Kier alpha value is -2.44. The molecular formula is C24H31N3O2S. The van der Waals surface area contributed by atoms with Crippen molar-refractivity contribution in [1.82, 2.24) is 9.88 Å². The first-order valence-electron chi connectivity index (χ1n) is 10.5. The van der Waals surface area contributed by atoms with Crippen LogP contribution in [0.3, 0.4) is 0 Å². The summed E-state index contributed by atoms with van der Waals surface area (Å²) in [4.78, 5) is 22.1. The second-order valence-electron chi connectivity index (χ2n) is 7.60. The molecule has 0 unspecified atom stereocenters. The third-order valence-corrected chi connectivity index (χ3v) is 6.26. The maximum absolute atomic E-state index is 13.2. The van der Waals surface area contributed by atoms with E-state index in [0.29, 0.717) is 12.3 Å². The number of likely N-dealkylation sites (N-methyl/N-ethyl adjacent to an activating group) is 1. The van der Waals surface area contributed by atoms with E-state index in [2.05, 4.69) is 44.7 Å². The van der Waals surface area contributed by atoms with Gasteiger partial charge < -0.3 is 9.64 Å². The molecule has 1 aromatic heterocycles. The van der Waals surface area contributed by atoms with Gasteiger partial charge in [-0.15, -0.1) is 0 Å². The molecule has 0 spiro atoms. The molecule has 3 rings (SSSR count). The Balaban J connectivity index is 1.84. The summed E-state index contributed by atoms with van der Waals surface area (Å²) in [6.07, 6.45) is 0. The van der Waals surface area contributed by atoms with Gasteiger partial charge in [0.05, 0.1) is 10.2 Å². The van der Waals surface area contributed by atoms with Crippen LogP contribution in [0.15, 0.2) is 36.4 Å². The number of nitrogens with zero attached hydrogens (tertiary/aromatic N) is 3. The van der Waals surface area contributed by atoms with E-state index in [0.717, 1.165) is 46.1 Å². The van der Waals surface area contributed by atoms with Crippen LogP contribution in [0, 0.1) is 20.8 Å². The van der Waals surface area contributed by atoms with E-state index < -0.39 is 0 Å². The Morgan fingerprint density at radius 3 is 2.50 bits per heavy atom. The van der Waals surface area contributed by atoms with Gasteiger partial charge in [0.1, 0.15) is 5.75 Å². The predicted molar refractivity (Wildman–Crippen MR) is 126 cm³/mol. The van der Waals surface area contributed by atoms with Crippen LogP contribution in [0.25, 0.3) is 10.2 Å². The summed E-state index contributed by atoms with van der Waals surface area (Å²) in [7, 11) is 0. The first kappa shape index (κ1) is 22.2. The molecule has 0 aliphatic rings. The van der Waals surface area contributed by atoms with Gasteiger partial charge in [-0.25, -0.2) is 4.98 Å². The van der Waals surface area contributed by atoms with Crippen LogP contribution in [0.2, 0.25) is 0 Å². The quantitative estimate of drug-likeness (QED) is 0.485. The first-order chi connectivity index (χ1) is 14.4. The molecule has 0 aliphatic heterocycles. The number of fused-ring (bicyclic) bond motifs is 1. The molecule has 30 heavy (non-hydrogen) atoms. The zero-order valence-electron chi connectivity index (χ0n) is 18.6. The van der Waals surface area contributed by atoms with Crippen molar-refractivity contribution in [3.63, 3.8) is 0 Å². The van der Waals surface area contributed by atoms with E-state index in [-0.39, 0.29) is 12.5 Å². The largest absolute Gasteiger partial charge is 0.484 e. The minimum absolute atomic E-state index is 0.00433. The molecule has 0 saturated heterocycles. The van der Waals surface area contributed by atoms with Crippen LogP contribution >= 0.6 is 11.3 Å². The van der Waals surface area contributed by atoms with Crippen molar-refractivity contribution in [3.8, 4) is 5.75 Å². The molecule has 5 nitrogen and oxygen atoms in total. The molecule has 0 bridgehead atoms. The van der Waals surface area contributed by atoms with E-state index in [9.17, 15) is 4.79 Å². The number of carbonyl (C=O) groups is 1. The summed E-state index contributed by atoms with van der Waals surface area (Å²) in [5, 5.41) is 0.740. The summed E-state index contributed by atoms with van der Waals surface area (Å²) in [5.41, 5.74) is 4.43. The molecule has 0 atom stereocenters. The zero-order valence-corrected chi connectivity index (χ0v) is 19.4. The van der Waals surface area contributed by atoms with Gasteiger partial charge in [-0.1, -0.05) is 43.4 Å². The summed E-state index contributed by atoms with van der Waals surface area (Å²) in [6, 6.07) is 12.0. The molecule has 1 heterocycles. The van der Waals surface area contributed by atoms with Gasteiger partial charge in [0, 0.05) is 13.1 Å². The number of benzene rings is 2. The van der Waals surface area contributed by atoms with E-state index in [1.807, 2.05) is 31.2 Å². The SMILES string of the molecule is CCN(CC)CCN(C(=O)COc1cccc(C)c1)c1nc2c(C)cc(C)cc2s1. The van der Waals surface area contributed by atoms with Crippen LogP contribution in [0.1, 0.15) is 30.5 Å². The van der Waals surface area contributed by atoms with Gasteiger partial charge >= 0.3 is 0 Å². The third-order valence-electron chi connectivity index (χ3n) is 5.24. The van der Waals surface area contributed by atoms with Gasteiger partial charge in [0.2, 0.25) is 0 Å². The lowest BCUT2D eigenvalue weighted by molar-refractivity contribution is -0.120. The normalized spacial score (nSPS) is 11.3. The van der Waals surface area contributed by atoms with E-state index in [1.54, 1.807) is 16.2 Å². The number of rotatable bonds is 9. The first-order valence-corrected chi connectivity index (χ1v) is 11.3. The fraction of sp³-hybridized carbons (Fsp3) is 0.417. The van der Waals surface area contributed by atoms with Crippen LogP contribution in [-0.2, 0) is 4.79 Å². The Labute approximate surface area is 183 Å². The lowest BCUT2D eigenvalue weighted by atomic mass is 10.1. The zero-order chi connectivity index (χ0) is 21.7. The fourth-order valence-corrected chi connectivity index (χ4v) is 4.70. The number of carbonyl (C=O) groups excluding carboxylic acids is 1. The number of aryl methyl sites for hydroxylation is 3. The standard InChI is InChI=1S/C24H31N3O2S/c1-6-26(7-2)11-12-27(22(28)16-29-20-10-8-9-17(3)14-20)24-25-23-19(5)13-18(4)15-21(23)30-24/h8-10,13-15H,6-7,11-12,16H2,1-5H3. The van der Waals surface area contributed by atoms with Crippen molar-refractivity contribution < 1.29 is 9.53 Å². The highest BCUT2D eigenvalue weighted by atomic mass is 32.1. The van der Waals surface area contributed by atoms with E-state index in [4.69, 9.17) is 9.72 Å². The van der Waals surface area contributed by atoms with Crippen molar-refractivity contribution in [1.29, 1.82) is 0 Å². The number of thiazole rings is 1. The molecule has 3 aromatic rings. The molecule has 1 amide bonds. The van der Waals surface area contributed by atoms with Crippen LogP contribution in [0.5, 0.6) is 5.75 Å². The van der Waals surface area contributed by atoms with Gasteiger partial charge in [0.25, 0.3) is 5.91 Å². The Kier molecular flexibility index (Phi) is 7.45. The molecular weight excluding hydrogens is 394 g/mol. The maximum Gasteiger partial charge on any atom is 0.266 e. The highest BCUT2D eigenvalue weighted by molar-refractivity contribution is 7.22. The van der Waals surface area contributed by atoms with Crippen LogP contribution < -0.4 is 9.64 Å². The van der Waals surface area contributed by atoms with E-state index >= 15 is 0 Å². The lowest BCUT2D eigenvalue weighted by Gasteiger charge is -2.24. The van der Waals surface area contributed by atoms with Crippen molar-refractivity contribution >= 4 is 32.6 Å². The van der Waals surface area contributed by atoms with Gasteiger partial charge in [-0.3, -0.25) is 9.69 Å². The summed E-state index contributed by atoms with van der Waals surface area (Å²) >= 11 is 1.57. The second kappa shape index (κ2) is 10.0. The molecule has 2 aromatic carbocycles. The Bertz CT molecular complexity index is 1010. The number of amides is 1. The highest BCUT2D eigenvalue weighted by Crippen LogP contribution is 2.31. The highest BCUT2D eigenvalue weighted by Gasteiger charge is 2.21. The lowest BCUT2D eigenvalue weighted by Crippen LogP contribution is -2.41. The monoisotopic (exact) mass is 425 g/mol. The summed E-state index contributed by atoms with van der Waals surface area (Å²) < 4.78 is 6.91. The Morgan fingerprint density at radius 2 is 1.80 bits per heavy atom. The van der Waals surface area contributed by atoms with Crippen molar-refractivity contribution in [2.45, 2.75) is 34.6 Å². The number of hydrogen-bond acceptors (Lipinski definition) is 5. The van der Waals surface area contributed by atoms with Gasteiger partial charge in [0.15, 0.2) is 11.7 Å². The Morgan fingerprint density at radius 1 is 1.03 bits per heavy atom. The average molecular weight is 426 g/mol. The minimum Gasteiger partial charge on any atom is -0.484 e. The predicted octanol–water partition coefficient (Wildman–Crippen LogP) is 4.98. The summed E-state index contributed by atoms with van der Waals surface area (Å²) in [6.45, 7) is 13.7. The van der Waals surface area contributed by atoms with Crippen LogP contribution in [0.4, 0.5) is 5.13 Å². The molecule has 6 heteroatoms. The summed E-state index contributed by atoms with van der Waals surface area (Å²) in [5.74, 6) is 0.639. The molecule has 160 valence electrons. The molecule has 0 N–H and O–H groups in total. The van der Waals surface area contributed by atoms with Crippen molar-refractivity contribution in [2.75, 3.05) is 37.7 Å². The molecule has 0 aliphatic carbocycles. The average Bonchev–Trinajstić information content (AvgIpc) is 3.13. The molecule has 0 radical (unpaired) electrons. The maximum atomic E-state index is 13.2. The number of ether oxygens (including phenoxy) is 1. The number of anilines is 1. The topological polar surface area (TPSA) is 45.7 Å². The van der Waals surface area contributed by atoms with E-state index in [1.165, 1.54) is 5.56 Å². The van der Waals surface area contributed by atoms with Gasteiger partial charge in [-0.2, -0.15) is 0 Å². The molecule has 0 saturated carbocycles. The van der Waals surface area contributed by atoms with Crippen molar-refractivity contribution in [2.24, 2.45) is 0 Å². The van der Waals surface area contributed by atoms with Crippen LogP contribution in [-0.4, -0.2) is 48.6 Å². The number of hydrogen-bond donors (Lipinski definition) is 0. The molecule has 0 fully saturated rings. The third kappa shape index (κ3) is 5.37. The number of aromatic nitrogens is 1. The van der Waals surface area contributed by atoms with Gasteiger partial charge in [-0.05, 0) is 68.8 Å².